The van der Waals surface area contributed by atoms with E-state index in [1.807, 2.05) is 17.0 Å². The van der Waals surface area contributed by atoms with Gasteiger partial charge in [-0.25, -0.2) is 9.59 Å². The van der Waals surface area contributed by atoms with Crippen molar-refractivity contribution in [3.05, 3.63) is 30.0 Å². The predicted molar refractivity (Wildman–Crippen MR) is 104 cm³/mol. The van der Waals surface area contributed by atoms with E-state index < -0.39 is 5.60 Å². The van der Waals surface area contributed by atoms with Gasteiger partial charge in [-0.05, 0) is 51.0 Å². The first-order valence-electron chi connectivity index (χ1n) is 9.62. The van der Waals surface area contributed by atoms with Crippen molar-refractivity contribution in [3.8, 4) is 0 Å². The van der Waals surface area contributed by atoms with E-state index in [0.29, 0.717) is 26.1 Å². The number of benzene rings is 1. The Morgan fingerprint density at radius 1 is 1.30 bits per heavy atom. The Labute approximate surface area is 158 Å². The molecule has 2 N–H and O–H groups in total. The molecule has 2 fully saturated rings. The Hall–Kier alpha value is -2.70. The fourth-order valence-corrected chi connectivity index (χ4v) is 4.26. The molecule has 0 radical (unpaired) electrons. The molecule has 0 saturated carbocycles. The zero-order valence-corrected chi connectivity index (χ0v) is 15.9. The third kappa shape index (κ3) is 3.34. The molecular weight excluding hydrogens is 344 g/mol. The number of rotatable bonds is 2. The minimum atomic E-state index is -0.453. The molecule has 1 spiro atoms. The van der Waals surface area contributed by atoms with Gasteiger partial charge in [0.25, 0.3) is 0 Å². The molecule has 7 heteroatoms. The second-order valence-corrected chi connectivity index (χ2v) is 7.50. The number of alkyl carbamates (subject to hydrolysis) is 1. The van der Waals surface area contributed by atoms with Crippen molar-refractivity contribution in [2.75, 3.05) is 25.0 Å². The molecule has 1 aromatic carbocycles. The van der Waals surface area contributed by atoms with Crippen LogP contribution in [0, 0.1) is 6.92 Å². The number of aryl methyl sites for hydroxylation is 2. The Bertz CT molecular complexity index is 891. The van der Waals surface area contributed by atoms with E-state index in [9.17, 15) is 9.59 Å². The molecule has 3 heterocycles. The van der Waals surface area contributed by atoms with Crippen LogP contribution in [0.25, 0.3) is 10.9 Å². The maximum absolute atomic E-state index is 12.7. The molecule has 144 valence electrons. The average molecular weight is 370 g/mol. The summed E-state index contributed by atoms with van der Waals surface area (Å²) < 4.78 is 7.73. The number of amides is 3. The molecule has 27 heavy (non-hydrogen) atoms. The van der Waals surface area contributed by atoms with E-state index in [1.54, 1.807) is 0 Å². The Morgan fingerprint density at radius 2 is 2.15 bits per heavy atom. The highest BCUT2D eigenvalue weighted by Gasteiger charge is 2.41. The number of fused-ring (bicyclic) bond motifs is 1. The lowest BCUT2D eigenvalue weighted by Crippen LogP contribution is -2.38. The minimum Gasteiger partial charge on any atom is -0.441 e. The lowest BCUT2D eigenvalue weighted by molar-refractivity contribution is 0.0454. The third-order valence-corrected chi connectivity index (χ3v) is 5.73. The van der Waals surface area contributed by atoms with Gasteiger partial charge in [-0.15, -0.1) is 0 Å². The molecule has 4 rings (SSSR count). The highest BCUT2D eigenvalue weighted by Crippen LogP contribution is 2.30. The van der Waals surface area contributed by atoms with Crippen LogP contribution in [-0.4, -0.2) is 46.8 Å². The first-order valence-corrected chi connectivity index (χ1v) is 9.62. The third-order valence-electron chi connectivity index (χ3n) is 5.73. The van der Waals surface area contributed by atoms with Gasteiger partial charge in [-0.2, -0.15) is 0 Å². The molecule has 2 saturated heterocycles. The van der Waals surface area contributed by atoms with Crippen LogP contribution < -0.4 is 10.6 Å². The van der Waals surface area contributed by atoms with E-state index in [-0.39, 0.29) is 12.1 Å². The van der Waals surface area contributed by atoms with Gasteiger partial charge in [-0.3, -0.25) is 0 Å². The fourth-order valence-electron chi connectivity index (χ4n) is 4.26. The van der Waals surface area contributed by atoms with Crippen molar-refractivity contribution in [2.24, 2.45) is 0 Å². The summed E-state index contributed by atoms with van der Waals surface area (Å²) in [6.45, 7) is 6.93. The molecule has 2 aliphatic heterocycles. The van der Waals surface area contributed by atoms with E-state index in [2.05, 4.69) is 41.2 Å². The molecule has 0 aliphatic carbocycles. The standard InChI is InChI=1S/C20H26N4O3/c1-3-24-14(2)11-15-12-16(5-6-17(15)24)22-18(25)23-9-4-7-20(8-10-23)13-21-19(26)27-20/h5-6,11-12H,3-4,7-10,13H2,1-2H3,(H,21,26)(H,22,25)/t20-/m1/s1. The van der Waals surface area contributed by atoms with Crippen LogP contribution in [-0.2, 0) is 11.3 Å². The SMILES string of the molecule is CCn1c(C)cc2cc(NC(=O)N3CCC[C@@]4(CC3)CNC(=O)O4)ccc21. The number of ether oxygens (including phenoxy) is 1. The summed E-state index contributed by atoms with van der Waals surface area (Å²) in [5.74, 6) is 0. The van der Waals surface area contributed by atoms with Gasteiger partial charge in [0.05, 0.1) is 6.54 Å². The highest BCUT2D eigenvalue weighted by atomic mass is 16.6. The highest BCUT2D eigenvalue weighted by molar-refractivity contribution is 5.93. The number of aromatic nitrogens is 1. The Balaban J connectivity index is 1.44. The summed E-state index contributed by atoms with van der Waals surface area (Å²) in [5.41, 5.74) is 2.74. The van der Waals surface area contributed by atoms with E-state index in [4.69, 9.17) is 4.74 Å². The number of nitrogens with one attached hydrogen (secondary N) is 2. The van der Waals surface area contributed by atoms with Crippen LogP contribution in [0.2, 0.25) is 0 Å². The molecule has 7 nitrogen and oxygen atoms in total. The quantitative estimate of drug-likeness (QED) is 0.850. The number of hydrogen-bond donors (Lipinski definition) is 2. The number of urea groups is 1. The monoisotopic (exact) mass is 370 g/mol. The summed E-state index contributed by atoms with van der Waals surface area (Å²) in [6.07, 6.45) is 1.91. The molecule has 1 atom stereocenters. The van der Waals surface area contributed by atoms with Crippen LogP contribution in [0.4, 0.5) is 15.3 Å². The van der Waals surface area contributed by atoms with Crippen LogP contribution in [0.1, 0.15) is 31.9 Å². The van der Waals surface area contributed by atoms with Gasteiger partial charge in [0, 0.05) is 48.3 Å². The smallest absolute Gasteiger partial charge is 0.407 e. The summed E-state index contributed by atoms with van der Waals surface area (Å²) in [4.78, 5) is 26.0. The van der Waals surface area contributed by atoms with Crippen molar-refractivity contribution in [1.82, 2.24) is 14.8 Å². The molecule has 2 aliphatic rings. The normalized spacial score (nSPS) is 22.6. The van der Waals surface area contributed by atoms with Crippen LogP contribution in [0.5, 0.6) is 0 Å². The number of likely N-dealkylation sites (tertiary alicyclic amines) is 1. The van der Waals surface area contributed by atoms with Gasteiger partial charge in [0.15, 0.2) is 0 Å². The number of nitrogens with zero attached hydrogens (tertiary/aromatic N) is 2. The summed E-state index contributed by atoms with van der Waals surface area (Å²) in [5, 5.41) is 6.89. The fraction of sp³-hybridized carbons (Fsp3) is 0.500. The van der Waals surface area contributed by atoms with Crippen molar-refractivity contribution in [1.29, 1.82) is 0 Å². The first kappa shape index (κ1) is 17.7. The zero-order chi connectivity index (χ0) is 19.0. The first-order chi connectivity index (χ1) is 13.0. The largest absolute Gasteiger partial charge is 0.441 e. The molecule has 1 aromatic heterocycles. The molecular formula is C20H26N4O3. The van der Waals surface area contributed by atoms with Crippen molar-refractivity contribution < 1.29 is 14.3 Å². The summed E-state index contributed by atoms with van der Waals surface area (Å²) in [7, 11) is 0. The van der Waals surface area contributed by atoms with Gasteiger partial charge in [0.1, 0.15) is 5.60 Å². The van der Waals surface area contributed by atoms with Gasteiger partial charge < -0.3 is 24.8 Å². The maximum atomic E-state index is 12.7. The van der Waals surface area contributed by atoms with Crippen molar-refractivity contribution >= 4 is 28.7 Å². The second kappa shape index (κ2) is 6.79. The van der Waals surface area contributed by atoms with E-state index in [0.717, 1.165) is 30.5 Å². The Kier molecular flexibility index (Phi) is 4.45. The number of carbonyl (C=O) groups excluding carboxylic acids is 2. The zero-order valence-electron chi connectivity index (χ0n) is 15.9. The van der Waals surface area contributed by atoms with Crippen molar-refractivity contribution in [3.63, 3.8) is 0 Å². The molecule has 3 amide bonds. The molecule has 0 unspecified atom stereocenters. The Morgan fingerprint density at radius 3 is 2.89 bits per heavy atom. The predicted octanol–water partition coefficient (Wildman–Crippen LogP) is 3.47. The number of carbonyl (C=O) groups is 2. The maximum Gasteiger partial charge on any atom is 0.407 e. The van der Waals surface area contributed by atoms with Crippen molar-refractivity contribution in [2.45, 2.75) is 45.3 Å². The lowest BCUT2D eigenvalue weighted by atomic mass is 9.95. The second-order valence-electron chi connectivity index (χ2n) is 7.50. The minimum absolute atomic E-state index is 0.102. The number of hydrogen-bond acceptors (Lipinski definition) is 3. The van der Waals surface area contributed by atoms with Crippen LogP contribution in [0.15, 0.2) is 24.3 Å². The van der Waals surface area contributed by atoms with Gasteiger partial charge in [0.2, 0.25) is 0 Å². The topological polar surface area (TPSA) is 75.6 Å². The summed E-state index contributed by atoms with van der Waals surface area (Å²) in [6, 6.07) is 8.08. The average Bonchev–Trinajstić information content (AvgIpc) is 3.07. The molecule has 2 aromatic rings. The van der Waals surface area contributed by atoms with E-state index in [1.165, 1.54) is 11.2 Å². The van der Waals surface area contributed by atoms with Gasteiger partial charge >= 0.3 is 12.1 Å². The number of anilines is 1. The summed E-state index contributed by atoms with van der Waals surface area (Å²) >= 11 is 0. The van der Waals surface area contributed by atoms with Crippen LogP contribution >= 0.6 is 0 Å². The lowest BCUT2D eigenvalue weighted by Gasteiger charge is -2.25. The van der Waals surface area contributed by atoms with Gasteiger partial charge in [-0.1, -0.05) is 0 Å². The molecule has 0 bridgehead atoms. The van der Waals surface area contributed by atoms with E-state index >= 15 is 0 Å². The van der Waals surface area contributed by atoms with Crippen LogP contribution in [0.3, 0.4) is 0 Å².